The number of nitrogens with two attached hydrogens (primary N) is 1. The number of nitrogens with zero attached hydrogens (tertiary/aromatic N) is 3. The van der Waals surface area contributed by atoms with Crippen LogP contribution in [0, 0.1) is 22.7 Å². The SMILES string of the molecule is N#Cc1c(-c2ccc(Cl)cc2)c(C#N)c(=O)n(CCN)c1O. The number of hydrogen-bond acceptors (Lipinski definition) is 5. The third kappa shape index (κ3) is 2.53. The lowest BCUT2D eigenvalue weighted by molar-refractivity contribution is 0.406. The zero-order chi connectivity index (χ0) is 16.3. The van der Waals surface area contributed by atoms with Gasteiger partial charge in [-0.25, -0.2) is 0 Å². The molecule has 6 nitrogen and oxygen atoms in total. The van der Waals surface area contributed by atoms with Crippen molar-refractivity contribution in [2.24, 2.45) is 5.73 Å². The summed E-state index contributed by atoms with van der Waals surface area (Å²) in [6.45, 7) is 0.0957. The summed E-state index contributed by atoms with van der Waals surface area (Å²) in [5, 5.41) is 29.3. The van der Waals surface area contributed by atoms with Crippen molar-refractivity contribution in [1.82, 2.24) is 4.57 Å². The van der Waals surface area contributed by atoms with Gasteiger partial charge in [0.25, 0.3) is 5.56 Å². The van der Waals surface area contributed by atoms with Crippen LogP contribution in [0.15, 0.2) is 29.1 Å². The molecule has 0 aliphatic rings. The molecule has 22 heavy (non-hydrogen) atoms. The summed E-state index contributed by atoms with van der Waals surface area (Å²) in [5.41, 5.74) is 4.89. The average molecular weight is 315 g/mol. The minimum atomic E-state index is -0.686. The highest BCUT2D eigenvalue weighted by atomic mass is 35.5. The van der Waals surface area contributed by atoms with Crippen LogP contribution in [0.25, 0.3) is 11.1 Å². The maximum atomic E-state index is 12.3. The molecule has 0 unspecified atom stereocenters. The first-order valence-electron chi connectivity index (χ1n) is 6.31. The second kappa shape index (κ2) is 6.31. The smallest absolute Gasteiger partial charge is 0.272 e. The van der Waals surface area contributed by atoms with E-state index in [0.29, 0.717) is 10.6 Å². The summed E-state index contributed by atoms with van der Waals surface area (Å²) >= 11 is 5.82. The number of aromatic hydroxyl groups is 1. The van der Waals surface area contributed by atoms with Crippen LogP contribution < -0.4 is 11.3 Å². The predicted octanol–water partition coefficient (Wildman–Crippen LogP) is 1.58. The molecule has 0 aliphatic carbocycles. The van der Waals surface area contributed by atoms with Gasteiger partial charge in [-0.05, 0) is 17.7 Å². The molecule has 110 valence electrons. The van der Waals surface area contributed by atoms with Gasteiger partial charge in [-0.3, -0.25) is 9.36 Å². The molecular formula is C15H11ClN4O2. The van der Waals surface area contributed by atoms with Crippen molar-refractivity contribution in [3.8, 4) is 29.1 Å². The molecule has 1 heterocycles. The zero-order valence-electron chi connectivity index (χ0n) is 11.4. The van der Waals surface area contributed by atoms with E-state index in [9.17, 15) is 20.4 Å². The summed E-state index contributed by atoms with van der Waals surface area (Å²) in [4.78, 5) is 12.3. The molecular weight excluding hydrogens is 304 g/mol. The topological polar surface area (TPSA) is 116 Å². The standard InChI is InChI=1S/C15H11ClN4O2/c16-10-3-1-9(2-4-10)13-11(7-18)14(21)20(6-5-17)15(22)12(13)8-19/h1-4,21H,5-6,17H2. The van der Waals surface area contributed by atoms with E-state index >= 15 is 0 Å². The molecule has 0 spiro atoms. The molecule has 0 radical (unpaired) electrons. The molecule has 0 amide bonds. The van der Waals surface area contributed by atoms with E-state index < -0.39 is 11.4 Å². The van der Waals surface area contributed by atoms with Crippen molar-refractivity contribution in [3.05, 3.63) is 50.8 Å². The normalized spacial score (nSPS) is 10.0. The molecule has 1 aromatic carbocycles. The van der Waals surface area contributed by atoms with Gasteiger partial charge >= 0.3 is 0 Å². The third-order valence-corrected chi connectivity index (χ3v) is 3.40. The Morgan fingerprint density at radius 2 is 1.77 bits per heavy atom. The first kappa shape index (κ1) is 15.6. The molecule has 3 N–H and O–H groups in total. The Kier molecular flexibility index (Phi) is 4.47. The largest absolute Gasteiger partial charge is 0.493 e. The Labute approximate surface area is 131 Å². The van der Waals surface area contributed by atoms with Crippen LogP contribution in [-0.2, 0) is 6.54 Å². The lowest BCUT2D eigenvalue weighted by Crippen LogP contribution is -2.27. The second-order valence-corrected chi connectivity index (χ2v) is 4.86. The molecule has 0 bridgehead atoms. The van der Waals surface area contributed by atoms with Crippen molar-refractivity contribution in [2.45, 2.75) is 6.54 Å². The van der Waals surface area contributed by atoms with Crippen molar-refractivity contribution < 1.29 is 5.11 Å². The molecule has 0 saturated carbocycles. The molecule has 2 aromatic rings. The van der Waals surface area contributed by atoms with E-state index in [1.54, 1.807) is 24.3 Å². The molecule has 2 rings (SSSR count). The second-order valence-electron chi connectivity index (χ2n) is 4.42. The highest BCUT2D eigenvalue weighted by Crippen LogP contribution is 2.31. The fourth-order valence-corrected chi connectivity index (χ4v) is 2.29. The third-order valence-electron chi connectivity index (χ3n) is 3.15. The Bertz CT molecular complexity index is 858. The Hall–Kier alpha value is -2.80. The summed E-state index contributed by atoms with van der Waals surface area (Å²) in [5.74, 6) is -0.498. The van der Waals surface area contributed by atoms with Gasteiger partial charge in [0.15, 0.2) is 0 Å². The van der Waals surface area contributed by atoms with E-state index in [2.05, 4.69) is 0 Å². The van der Waals surface area contributed by atoms with E-state index in [-0.39, 0.29) is 29.8 Å². The minimum absolute atomic E-state index is 0.00885. The van der Waals surface area contributed by atoms with Crippen LogP contribution in [0.3, 0.4) is 0 Å². The lowest BCUT2D eigenvalue weighted by Gasteiger charge is -2.14. The molecule has 0 saturated heterocycles. The number of halogens is 1. The van der Waals surface area contributed by atoms with E-state index in [1.165, 1.54) is 0 Å². The molecule has 0 aliphatic heterocycles. The Balaban J connectivity index is 2.90. The zero-order valence-corrected chi connectivity index (χ0v) is 12.1. The van der Waals surface area contributed by atoms with Crippen molar-refractivity contribution in [1.29, 1.82) is 10.5 Å². The minimum Gasteiger partial charge on any atom is -0.493 e. The van der Waals surface area contributed by atoms with Crippen LogP contribution >= 0.6 is 11.6 Å². The summed E-state index contributed by atoms with van der Waals surface area (Å²) < 4.78 is 0.927. The molecule has 0 atom stereocenters. The average Bonchev–Trinajstić information content (AvgIpc) is 2.52. The van der Waals surface area contributed by atoms with Crippen molar-refractivity contribution >= 4 is 11.6 Å². The number of benzene rings is 1. The quantitative estimate of drug-likeness (QED) is 0.892. The van der Waals surface area contributed by atoms with Gasteiger partial charge in [0, 0.05) is 23.7 Å². The highest BCUT2D eigenvalue weighted by Gasteiger charge is 2.22. The van der Waals surface area contributed by atoms with Crippen LogP contribution in [-0.4, -0.2) is 16.2 Å². The number of pyridine rings is 1. The van der Waals surface area contributed by atoms with E-state index in [4.69, 9.17) is 17.3 Å². The summed E-state index contributed by atoms with van der Waals surface area (Å²) in [7, 11) is 0. The van der Waals surface area contributed by atoms with Gasteiger partial charge in [-0.2, -0.15) is 10.5 Å². The molecule has 7 heteroatoms. The van der Waals surface area contributed by atoms with Crippen molar-refractivity contribution in [3.63, 3.8) is 0 Å². The maximum Gasteiger partial charge on any atom is 0.272 e. The van der Waals surface area contributed by atoms with Gasteiger partial charge in [0.05, 0.1) is 0 Å². The number of aromatic nitrogens is 1. The van der Waals surface area contributed by atoms with Gasteiger partial charge in [0.2, 0.25) is 5.88 Å². The summed E-state index contributed by atoms with van der Waals surface area (Å²) in [6, 6.07) is 9.94. The van der Waals surface area contributed by atoms with Crippen LogP contribution in [0.1, 0.15) is 11.1 Å². The maximum absolute atomic E-state index is 12.3. The predicted molar refractivity (Wildman–Crippen MR) is 81.3 cm³/mol. The van der Waals surface area contributed by atoms with E-state index in [0.717, 1.165) is 4.57 Å². The van der Waals surface area contributed by atoms with E-state index in [1.807, 2.05) is 12.1 Å². The van der Waals surface area contributed by atoms with Gasteiger partial charge in [-0.1, -0.05) is 23.7 Å². The van der Waals surface area contributed by atoms with Gasteiger partial charge in [0.1, 0.15) is 23.3 Å². The fraction of sp³-hybridized carbons (Fsp3) is 0.133. The van der Waals surface area contributed by atoms with Crippen molar-refractivity contribution in [2.75, 3.05) is 6.54 Å². The van der Waals surface area contributed by atoms with Crippen LogP contribution in [0.2, 0.25) is 5.02 Å². The number of nitriles is 2. The van der Waals surface area contributed by atoms with Crippen LogP contribution in [0.5, 0.6) is 5.88 Å². The monoisotopic (exact) mass is 314 g/mol. The lowest BCUT2D eigenvalue weighted by atomic mass is 9.97. The number of rotatable bonds is 3. The molecule has 1 aromatic heterocycles. The Morgan fingerprint density at radius 1 is 1.18 bits per heavy atom. The van der Waals surface area contributed by atoms with Crippen LogP contribution in [0.4, 0.5) is 0 Å². The van der Waals surface area contributed by atoms with Gasteiger partial charge < -0.3 is 10.8 Å². The highest BCUT2D eigenvalue weighted by molar-refractivity contribution is 6.30. The fourth-order valence-electron chi connectivity index (χ4n) is 2.16. The molecule has 0 fully saturated rings. The first-order chi connectivity index (χ1) is 10.5. The summed E-state index contributed by atoms with van der Waals surface area (Å²) in [6.07, 6.45) is 0. The first-order valence-corrected chi connectivity index (χ1v) is 6.68. The number of hydrogen-bond donors (Lipinski definition) is 2. The Morgan fingerprint density at radius 3 is 2.27 bits per heavy atom. The van der Waals surface area contributed by atoms with Gasteiger partial charge in [-0.15, -0.1) is 0 Å².